The number of aryl methyl sites for hydroxylation is 1. The number of amides is 3. The number of hydrogen-bond acceptors (Lipinski definition) is 11. The Bertz CT molecular complexity index is 2360. The Morgan fingerprint density at radius 3 is 2.43 bits per heavy atom. The summed E-state index contributed by atoms with van der Waals surface area (Å²) in [6.07, 6.45) is 3.16. The molecule has 5 atom stereocenters. The number of carbonyl (C=O) groups excluding carboxylic acids is 3. The van der Waals surface area contributed by atoms with E-state index in [9.17, 15) is 31.6 Å². The Kier molecular flexibility index (Phi) is 10.2. The van der Waals surface area contributed by atoms with Crippen molar-refractivity contribution in [3.8, 4) is 22.5 Å². The minimum absolute atomic E-state index is 0.0120. The second-order valence-corrected chi connectivity index (χ2v) is 18.6. The van der Waals surface area contributed by atoms with Gasteiger partial charge in [0.25, 0.3) is 5.91 Å². The maximum Gasteiger partial charge on any atom is 0.316 e. The lowest BCUT2D eigenvalue weighted by molar-refractivity contribution is -0.141. The molecule has 3 fully saturated rings. The minimum Gasteiger partial charge on any atom is -0.408 e. The minimum atomic E-state index is -4.12. The molecule has 18 heteroatoms. The van der Waals surface area contributed by atoms with Gasteiger partial charge in [0.05, 0.1) is 17.2 Å². The Morgan fingerprint density at radius 2 is 1.74 bits per heavy atom. The molecular formula is C40H45F2N9O6S. The molecule has 4 heterocycles. The number of fused-ring (bicyclic) bond motifs is 10. The van der Waals surface area contributed by atoms with Crippen LogP contribution in [0.1, 0.15) is 76.8 Å². The van der Waals surface area contributed by atoms with E-state index in [1.807, 2.05) is 86.2 Å². The zero-order valence-electron chi connectivity index (χ0n) is 32.3. The fraction of sp³-hybridized carbons (Fsp3) is 0.475. The maximum atomic E-state index is 14.8. The van der Waals surface area contributed by atoms with E-state index in [-0.39, 0.29) is 19.0 Å². The van der Waals surface area contributed by atoms with Gasteiger partial charge >= 0.3 is 6.01 Å². The van der Waals surface area contributed by atoms with Crippen LogP contribution in [-0.2, 0) is 30.8 Å². The summed E-state index contributed by atoms with van der Waals surface area (Å²) in [5.41, 5.74) is 0.694. The van der Waals surface area contributed by atoms with Gasteiger partial charge in [0.1, 0.15) is 29.0 Å². The molecule has 2 saturated carbocycles. The number of nitrogens with one attached hydrogen (secondary N) is 3. The zero-order chi connectivity index (χ0) is 41.0. The van der Waals surface area contributed by atoms with Gasteiger partial charge in [0, 0.05) is 30.5 Å². The molecule has 0 radical (unpaired) electrons. The quantitative estimate of drug-likeness (QED) is 0.233. The summed E-state index contributed by atoms with van der Waals surface area (Å²) in [5, 5.41) is 23.0. The van der Waals surface area contributed by atoms with Crippen molar-refractivity contribution >= 4 is 39.8 Å². The summed E-state index contributed by atoms with van der Waals surface area (Å²) >= 11 is 0. The van der Waals surface area contributed by atoms with Crippen LogP contribution in [0, 0.1) is 11.3 Å². The Morgan fingerprint density at radius 1 is 1.02 bits per heavy atom. The third-order valence-electron chi connectivity index (χ3n) is 11.2. The van der Waals surface area contributed by atoms with Crippen LogP contribution >= 0.6 is 0 Å². The summed E-state index contributed by atoms with van der Waals surface area (Å²) in [7, 11) is -4.12. The van der Waals surface area contributed by atoms with E-state index in [1.165, 1.54) is 9.70 Å². The molecular weight excluding hydrogens is 773 g/mol. The highest BCUT2D eigenvalue weighted by atomic mass is 32.2. The largest absolute Gasteiger partial charge is 0.408 e. The van der Waals surface area contributed by atoms with E-state index in [0.717, 1.165) is 29.5 Å². The second-order valence-electron chi connectivity index (χ2n) is 16.6. The molecule has 2 aromatic heterocycles. The van der Waals surface area contributed by atoms with Crippen LogP contribution in [0.3, 0.4) is 0 Å². The number of carbonyl (C=O) groups is 3. The van der Waals surface area contributed by atoms with Crippen LogP contribution in [0.4, 0.5) is 14.8 Å². The van der Waals surface area contributed by atoms with Crippen molar-refractivity contribution in [1.82, 2.24) is 40.1 Å². The Balaban J connectivity index is 1.20. The van der Waals surface area contributed by atoms with Crippen molar-refractivity contribution in [2.24, 2.45) is 11.3 Å². The molecule has 2 aromatic carbocycles. The standard InChI is InChI=1S/C40H45F2N9O6S/c1-39(2,3)33-36(53)50-22-26(20-29(50)35(52)44-40(21-28(40)34(41)42)37(54)49-58(55,56)27-17-18-27)51-47-31(24-13-7-5-8-14-24)32(48-51)25-15-10-12-23(19-25)11-6-4-9-16-30-45-46-38(43-33)57-30/h5-8,10-15,19,26-29,33-34H,4,9,16-18,20-22H2,1-3H3,(H,43,46)(H,44,52)(H,49,54)/b11-6+/t26-,28+,29+,33-,40-/m1/s1. The predicted molar refractivity (Wildman–Crippen MR) is 208 cm³/mol. The smallest absolute Gasteiger partial charge is 0.316 e. The molecule has 8 rings (SSSR count). The van der Waals surface area contributed by atoms with Gasteiger partial charge in [-0.1, -0.05) is 86.6 Å². The highest BCUT2D eigenvalue weighted by molar-refractivity contribution is 7.91. The lowest BCUT2D eigenvalue weighted by atomic mass is 9.85. The summed E-state index contributed by atoms with van der Waals surface area (Å²) in [6, 6.07) is 14.3. The number of anilines is 1. The van der Waals surface area contributed by atoms with Crippen molar-refractivity contribution in [3.63, 3.8) is 0 Å². The van der Waals surface area contributed by atoms with Crippen LogP contribution in [0.15, 0.2) is 65.1 Å². The molecule has 1 saturated heterocycles. The Hall–Kier alpha value is -5.52. The molecule has 306 valence electrons. The van der Waals surface area contributed by atoms with E-state index in [4.69, 9.17) is 14.6 Å². The number of allylic oxidation sites excluding steroid dienone is 1. The summed E-state index contributed by atoms with van der Waals surface area (Å²) < 4.78 is 61.8. The van der Waals surface area contributed by atoms with E-state index < -0.39 is 80.8 Å². The van der Waals surface area contributed by atoms with Gasteiger partial charge in [-0.05, 0) is 49.1 Å². The van der Waals surface area contributed by atoms with Crippen LogP contribution in [-0.4, -0.2) is 92.1 Å². The molecule has 2 aliphatic carbocycles. The summed E-state index contributed by atoms with van der Waals surface area (Å²) in [4.78, 5) is 45.7. The SMILES string of the molecule is CC(C)(C)[C@@H]1Nc2nnc(o2)CCC/C=C/c2cccc(c2)-c2nn(nc2-c2ccccc2)[C@@H]2C[C@@H](C(=O)N[C@]3(C(=O)NS(=O)(=O)C4CC4)C[C@H]3C(F)F)N(C2)C1=O. The first-order valence-corrected chi connectivity index (χ1v) is 21.0. The van der Waals surface area contributed by atoms with Gasteiger partial charge in [-0.3, -0.25) is 19.1 Å². The highest BCUT2D eigenvalue weighted by Crippen LogP contribution is 2.49. The molecule has 4 aromatic rings. The van der Waals surface area contributed by atoms with Crippen LogP contribution in [0.5, 0.6) is 0 Å². The van der Waals surface area contributed by atoms with Crippen molar-refractivity contribution in [2.45, 2.75) is 101 Å². The van der Waals surface area contributed by atoms with Crippen LogP contribution in [0.25, 0.3) is 28.6 Å². The molecule has 3 N–H and O–H groups in total. The third-order valence-corrected chi connectivity index (χ3v) is 13.0. The summed E-state index contributed by atoms with van der Waals surface area (Å²) in [5.74, 6) is -3.90. The number of benzene rings is 2. The third kappa shape index (κ3) is 7.85. The molecule has 0 spiro atoms. The maximum absolute atomic E-state index is 14.8. The van der Waals surface area contributed by atoms with Crippen LogP contribution in [0.2, 0.25) is 0 Å². The lowest BCUT2D eigenvalue weighted by Gasteiger charge is -2.35. The first-order chi connectivity index (χ1) is 27.6. The molecule has 15 nitrogen and oxygen atoms in total. The predicted octanol–water partition coefficient (Wildman–Crippen LogP) is 4.76. The van der Waals surface area contributed by atoms with Crippen molar-refractivity contribution < 1.29 is 36.0 Å². The normalized spacial score (nSPS) is 25.5. The molecule has 2 aliphatic heterocycles. The number of rotatable bonds is 7. The fourth-order valence-corrected chi connectivity index (χ4v) is 9.08. The molecule has 8 bridgehead atoms. The first-order valence-electron chi connectivity index (χ1n) is 19.5. The van der Waals surface area contributed by atoms with Gasteiger partial charge in [0.2, 0.25) is 34.2 Å². The number of hydrogen-bond donors (Lipinski definition) is 3. The highest BCUT2D eigenvalue weighted by Gasteiger charge is 2.67. The molecule has 3 amide bonds. The van der Waals surface area contributed by atoms with E-state index in [2.05, 4.69) is 26.9 Å². The average Bonchev–Trinajstić information content (AvgIpc) is 4.01. The van der Waals surface area contributed by atoms with E-state index in [1.54, 1.807) is 0 Å². The van der Waals surface area contributed by atoms with E-state index in [0.29, 0.717) is 36.5 Å². The lowest BCUT2D eigenvalue weighted by Crippen LogP contribution is -2.59. The monoisotopic (exact) mass is 817 g/mol. The number of nitrogens with zero attached hydrogens (tertiary/aromatic N) is 6. The number of alkyl halides is 2. The second kappa shape index (κ2) is 15.0. The number of halogens is 2. The first kappa shape index (κ1) is 39.3. The van der Waals surface area contributed by atoms with Gasteiger partial charge in [-0.15, -0.1) is 5.10 Å². The molecule has 0 unspecified atom stereocenters. The fourth-order valence-electron chi connectivity index (χ4n) is 7.71. The van der Waals surface area contributed by atoms with Crippen molar-refractivity contribution in [2.75, 3.05) is 11.9 Å². The Labute approximate surface area is 334 Å². The summed E-state index contributed by atoms with van der Waals surface area (Å²) in [6.45, 7) is 5.41. The van der Waals surface area contributed by atoms with Crippen molar-refractivity contribution in [3.05, 3.63) is 72.1 Å². The van der Waals surface area contributed by atoms with Gasteiger partial charge < -0.3 is 20.0 Å². The topological polar surface area (TPSA) is 194 Å². The number of sulfonamides is 1. The molecule has 4 aliphatic rings. The average molecular weight is 818 g/mol. The van der Waals surface area contributed by atoms with Gasteiger partial charge in [0.15, 0.2) is 0 Å². The van der Waals surface area contributed by atoms with Gasteiger partial charge in [-0.2, -0.15) is 15.0 Å². The molecule has 58 heavy (non-hydrogen) atoms. The number of aromatic nitrogens is 5. The van der Waals surface area contributed by atoms with Crippen LogP contribution < -0.4 is 15.4 Å². The van der Waals surface area contributed by atoms with Crippen molar-refractivity contribution in [1.29, 1.82) is 0 Å². The zero-order valence-corrected chi connectivity index (χ0v) is 33.1. The van der Waals surface area contributed by atoms with Gasteiger partial charge in [-0.25, -0.2) is 17.2 Å². The van der Waals surface area contributed by atoms with E-state index >= 15 is 0 Å².